The average Bonchev–Trinajstić information content (AvgIpc) is 2.38. The van der Waals surface area contributed by atoms with Gasteiger partial charge in [-0.3, -0.25) is 0 Å². The van der Waals surface area contributed by atoms with Gasteiger partial charge in [-0.15, -0.1) is 0 Å². The van der Waals surface area contributed by atoms with E-state index >= 15 is 0 Å². The Morgan fingerprint density at radius 3 is 2.11 bits per heavy atom. The van der Waals surface area contributed by atoms with Crippen molar-refractivity contribution in [3.8, 4) is 0 Å². The lowest BCUT2D eigenvalue weighted by Gasteiger charge is -2.23. The molecule has 0 bridgehead atoms. The van der Waals surface area contributed by atoms with E-state index in [1.54, 1.807) is 0 Å². The van der Waals surface area contributed by atoms with Crippen molar-refractivity contribution < 1.29 is 0 Å². The summed E-state index contributed by atoms with van der Waals surface area (Å²) in [6, 6.07) is 0. The Morgan fingerprint density at radius 2 is 1.50 bits per heavy atom. The molecular formula is C17H37N. The fraction of sp³-hybridized carbons (Fsp3) is 1.00. The monoisotopic (exact) mass is 255 g/mol. The molecule has 0 spiro atoms. The molecule has 18 heavy (non-hydrogen) atoms. The zero-order valence-corrected chi connectivity index (χ0v) is 13.4. The second-order valence-electron chi connectivity index (χ2n) is 5.97. The third-order valence-electron chi connectivity index (χ3n) is 4.23. The van der Waals surface area contributed by atoms with Crippen molar-refractivity contribution in [2.45, 2.75) is 85.0 Å². The van der Waals surface area contributed by atoms with Crippen molar-refractivity contribution in [3.05, 3.63) is 0 Å². The van der Waals surface area contributed by atoms with Gasteiger partial charge in [-0.2, -0.15) is 0 Å². The summed E-state index contributed by atoms with van der Waals surface area (Å²) >= 11 is 0. The first-order valence-electron chi connectivity index (χ1n) is 8.40. The Bertz CT molecular complexity index is 156. The molecule has 0 radical (unpaired) electrons. The summed E-state index contributed by atoms with van der Waals surface area (Å²) in [4.78, 5) is 0. The normalized spacial score (nSPS) is 14.7. The minimum absolute atomic E-state index is 0.934. The van der Waals surface area contributed by atoms with E-state index < -0.39 is 0 Å². The predicted octanol–water partition coefficient (Wildman–Crippen LogP) is 5.40. The third-order valence-corrected chi connectivity index (χ3v) is 4.23. The molecule has 0 amide bonds. The van der Waals surface area contributed by atoms with E-state index in [1.807, 2.05) is 0 Å². The van der Waals surface area contributed by atoms with Crippen LogP contribution >= 0.6 is 0 Å². The van der Waals surface area contributed by atoms with Crippen LogP contribution in [0.5, 0.6) is 0 Å². The molecular weight excluding hydrogens is 218 g/mol. The Kier molecular flexibility index (Phi) is 13.4. The lowest BCUT2D eigenvalue weighted by Crippen LogP contribution is -2.13. The lowest BCUT2D eigenvalue weighted by molar-refractivity contribution is 0.281. The van der Waals surface area contributed by atoms with Crippen molar-refractivity contribution in [2.24, 2.45) is 11.8 Å². The van der Waals surface area contributed by atoms with Gasteiger partial charge in [-0.25, -0.2) is 0 Å². The molecule has 110 valence electrons. The molecule has 0 aromatic carbocycles. The SMILES string of the molecule is CCCCCCC(CCC)C(C)CCCCNC. The molecule has 0 fully saturated rings. The van der Waals surface area contributed by atoms with E-state index in [9.17, 15) is 0 Å². The highest BCUT2D eigenvalue weighted by Crippen LogP contribution is 2.27. The highest BCUT2D eigenvalue weighted by Gasteiger charge is 2.15. The smallest absolute Gasteiger partial charge is 0.00519 e. The second kappa shape index (κ2) is 13.4. The number of hydrogen-bond acceptors (Lipinski definition) is 1. The molecule has 1 nitrogen and oxygen atoms in total. The van der Waals surface area contributed by atoms with Crippen LogP contribution in [0.25, 0.3) is 0 Å². The van der Waals surface area contributed by atoms with E-state index in [4.69, 9.17) is 0 Å². The van der Waals surface area contributed by atoms with Crippen LogP contribution in [-0.4, -0.2) is 13.6 Å². The Balaban J connectivity index is 3.75. The van der Waals surface area contributed by atoms with Gasteiger partial charge < -0.3 is 5.32 Å². The van der Waals surface area contributed by atoms with Crippen LogP contribution in [-0.2, 0) is 0 Å². The number of rotatable bonds is 13. The van der Waals surface area contributed by atoms with Gasteiger partial charge in [0.1, 0.15) is 0 Å². The summed E-state index contributed by atoms with van der Waals surface area (Å²) in [6.07, 6.45) is 14.1. The van der Waals surface area contributed by atoms with Gasteiger partial charge >= 0.3 is 0 Å². The fourth-order valence-electron chi connectivity index (χ4n) is 2.92. The highest BCUT2D eigenvalue weighted by atomic mass is 14.8. The van der Waals surface area contributed by atoms with E-state index in [0.717, 1.165) is 11.8 Å². The summed E-state index contributed by atoms with van der Waals surface area (Å²) in [5.41, 5.74) is 0. The maximum atomic E-state index is 3.24. The molecule has 0 aliphatic carbocycles. The van der Waals surface area contributed by atoms with E-state index in [-0.39, 0.29) is 0 Å². The predicted molar refractivity (Wildman–Crippen MR) is 84.1 cm³/mol. The van der Waals surface area contributed by atoms with Crippen molar-refractivity contribution >= 4 is 0 Å². The molecule has 0 rings (SSSR count). The molecule has 0 aromatic heterocycles. The van der Waals surface area contributed by atoms with Crippen molar-refractivity contribution in [3.63, 3.8) is 0 Å². The standard InChI is InChI=1S/C17H37N/c1-5-7-8-9-14-17(12-6-2)16(3)13-10-11-15-18-4/h16-18H,5-15H2,1-4H3. The summed E-state index contributed by atoms with van der Waals surface area (Å²) in [5, 5.41) is 3.24. The quantitative estimate of drug-likeness (QED) is 0.435. The molecule has 1 N–H and O–H groups in total. The second-order valence-corrected chi connectivity index (χ2v) is 5.97. The Morgan fingerprint density at radius 1 is 0.778 bits per heavy atom. The molecule has 2 unspecified atom stereocenters. The van der Waals surface area contributed by atoms with E-state index in [1.165, 1.54) is 70.8 Å². The molecule has 0 aromatic rings. The zero-order valence-electron chi connectivity index (χ0n) is 13.4. The highest BCUT2D eigenvalue weighted by molar-refractivity contribution is 4.67. The van der Waals surface area contributed by atoms with Gasteiger partial charge in [0, 0.05) is 0 Å². The van der Waals surface area contributed by atoms with Gasteiger partial charge in [0.25, 0.3) is 0 Å². The molecule has 1 heteroatoms. The molecule has 0 heterocycles. The van der Waals surface area contributed by atoms with E-state index in [2.05, 4.69) is 33.1 Å². The molecule has 0 saturated carbocycles. The van der Waals surface area contributed by atoms with Gasteiger partial charge in [0.05, 0.1) is 0 Å². The topological polar surface area (TPSA) is 12.0 Å². The third kappa shape index (κ3) is 9.94. The Labute approximate surface area is 116 Å². The molecule has 0 aliphatic heterocycles. The minimum atomic E-state index is 0.934. The maximum Gasteiger partial charge on any atom is -0.00519 e. The van der Waals surface area contributed by atoms with Crippen molar-refractivity contribution in [1.82, 2.24) is 5.32 Å². The fourth-order valence-corrected chi connectivity index (χ4v) is 2.92. The van der Waals surface area contributed by atoms with Crippen LogP contribution in [0.2, 0.25) is 0 Å². The van der Waals surface area contributed by atoms with E-state index in [0.29, 0.717) is 0 Å². The first-order chi connectivity index (χ1) is 8.76. The van der Waals surface area contributed by atoms with Crippen LogP contribution in [0.1, 0.15) is 85.0 Å². The van der Waals surface area contributed by atoms with Crippen LogP contribution < -0.4 is 5.32 Å². The van der Waals surface area contributed by atoms with Crippen LogP contribution in [0.15, 0.2) is 0 Å². The van der Waals surface area contributed by atoms with Crippen LogP contribution in [0, 0.1) is 11.8 Å². The van der Waals surface area contributed by atoms with Gasteiger partial charge in [0.15, 0.2) is 0 Å². The van der Waals surface area contributed by atoms with Gasteiger partial charge in [-0.1, -0.05) is 78.6 Å². The number of nitrogens with one attached hydrogen (secondary N) is 1. The van der Waals surface area contributed by atoms with Crippen LogP contribution in [0.3, 0.4) is 0 Å². The zero-order chi connectivity index (χ0) is 13.6. The largest absolute Gasteiger partial charge is 0.320 e. The first-order valence-corrected chi connectivity index (χ1v) is 8.40. The molecule has 2 atom stereocenters. The lowest BCUT2D eigenvalue weighted by atomic mass is 9.82. The number of unbranched alkanes of at least 4 members (excludes halogenated alkanes) is 4. The molecule has 0 saturated heterocycles. The maximum absolute atomic E-state index is 3.24. The van der Waals surface area contributed by atoms with Crippen molar-refractivity contribution in [2.75, 3.05) is 13.6 Å². The molecule has 0 aliphatic rings. The summed E-state index contributed by atoms with van der Waals surface area (Å²) < 4.78 is 0. The first kappa shape index (κ1) is 18.0. The Hall–Kier alpha value is -0.0400. The summed E-state index contributed by atoms with van der Waals surface area (Å²) in [7, 11) is 2.05. The summed E-state index contributed by atoms with van der Waals surface area (Å²) in [6.45, 7) is 8.31. The average molecular weight is 255 g/mol. The van der Waals surface area contributed by atoms with Crippen molar-refractivity contribution in [1.29, 1.82) is 0 Å². The van der Waals surface area contributed by atoms with Crippen LogP contribution in [0.4, 0.5) is 0 Å². The van der Waals surface area contributed by atoms with Gasteiger partial charge in [0.2, 0.25) is 0 Å². The van der Waals surface area contributed by atoms with Gasteiger partial charge in [-0.05, 0) is 31.8 Å². The summed E-state index contributed by atoms with van der Waals surface area (Å²) in [5.74, 6) is 1.92. The minimum Gasteiger partial charge on any atom is -0.320 e. The number of hydrogen-bond donors (Lipinski definition) is 1.